The van der Waals surface area contributed by atoms with Crippen molar-refractivity contribution in [1.82, 2.24) is 0 Å². The molecule has 1 heterocycles. The quantitative estimate of drug-likeness (QED) is 0.763. The van der Waals surface area contributed by atoms with E-state index < -0.39 is 0 Å². The van der Waals surface area contributed by atoms with Crippen LogP contribution < -0.4 is 10.2 Å². The van der Waals surface area contributed by atoms with Crippen LogP contribution in [0.25, 0.3) is 0 Å². The highest BCUT2D eigenvalue weighted by Gasteiger charge is 2.33. The number of hydrogen-bond acceptors (Lipinski definition) is 3. The molecule has 1 N–H and O–H groups in total. The molecule has 0 aromatic heterocycles. The third-order valence-electron chi connectivity index (χ3n) is 4.29. The Morgan fingerprint density at radius 3 is 2.48 bits per heavy atom. The van der Waals surface area contributed by atoms with Gasteiger partial charge in [-0.2, -0.15) is 5.26 Å². The van der Waals surface area contributed by atoms with E-state index in [4.69, 9.17) is 0 Å². The lowest BCUT2D eigenvalue weighted by atomic mass is 10.0. The number of anilines is 2. The minimum Gasteiger partial charge on any atom is -0.360 e. The van der Waals surface area contributed by atoms with Gasteiger partial charge in [0.1, 0.15) is 6.17 Å². The zero-order valence-electron chi connectivity index (χ0n) is 13.4. The lowest BCUT2D eigenvalue weighted by Crippen LogP contribution is -2.43. The Hall–Kier alpha value is -3.58. The van der Waals surface area contributed by atoms with Crippen molar-refractivity contribution in [2.75, 3.05) is 10.2 Å². The van der Waals surface area contributed by atoms with Crippen LogP contribution in [0.3, 0.4) is 0 Å². The summed E-state index contributed by atoms with van der Waals surface area (Å²) in [6.07, 6.45) is -0.377. The van der Waals surface area contributed by atoms with Crippen molar-refractivity contribution in [1.29, 1.82) is 5.26 Å². The zero-order valence-corrected chi connectivity index (χ0v) is 13.4. The summed E-state index contributed by atoms with van der Waals surface area (Å²) in [5.74, 6) is -0.0621. The topological polar surface area (TPSA) is 56.1 Å². The molecule has 3 aromatic rings. The van der Waals surface area contributed by atoms with Crippen molar-refractivity contribution in [3.8, 4) is 6.07 Å². The van der Waals surface area contributed by atoms with E-state index in [1.54, 1.807) is 11.0 Å². The van der Waals surface area contributed by atoms with Crippen molar-refractivity contribution < 1.29 is 4.79 Å². The zero-order chi connectivity index (χ0) is 17.2. The number of nitrogens with one attached hydrogen (secondary N) is 1. The molecule has 1 atom stereocenters. The fourth-order valence-electron chi connectivity index (χ4n) is 3.12. The van der Waals surface area contributed by atoms with E-state index in [1.807, 2.05) is 72.8 Å². The molecule has 0 unspecified atom stereocenters. The number of rotatable bonds is 2. The van der Waals surface area contributed by atoms with Gasteiger partial charge in [-0.05, 0) is 42.0 Å². The molecule has 1 aliphatic rings. The number of carbonyl (C=O) groups is 1. The fraction of sp³-hybridized carbons (Fsp3) is 0.0476. The average Bonchev–Trinajstić information content (AvgIpc) is 2.68. The van der Waals surface area contributed by atoms with E-state index in [-0.39, 0.29) is 12.1 Å². The highest BCUT2D eigenvalue weighted by atomic mass is 16.2. The van der Waals surface area contributed by atoms with Crippen LogP contribution in [0.5, 0.6) is 0 Å². The predicted molar refractivity (Wildman–Crippen MR) is 97.2 cm³/mol. The Morgan fingerprint density at radius 1 is 0.920 bits per heavy atom. The molecule has 0 aliphatic carbocycles. The molecule has 120 valence electrons. The number of fused-ring (bicyclic) bond motifs is 1. The molecular weight excluding hydrogens is 310 g/mol. The first-order chi connectivity index (χ1) is 12.3. The number of hydrogen-bond donors (Lipinski definition) is 1. The molecule has 1 aliphatic heterocycles. The van der Waals surface area contributed by atoms with Gasteiger partial charge in [0.05, 0.1) is 17.2 Å². The summed E-state index contributed by atoms with van der Waals surface area (Å²) < 4.78 is 0. The lowest BCUT2D eigenvalue weighted by molar-refractivity contribution is 0.0975. The molecule has 0 saturated carbocycles. The smallest absolute Gasteiger partial charge is 0.262 e. The summed E-state index contributed by atoms with van der Waals surface area (Å²) in [5.41, 5.74) is 3.68. The van der Waals surface area contributed by atoms with Crippen molar-refractivity contribution in [2.45, 2.75) is 6.17 Å². The molecule has 4 nitrogen and oxygen atoms in total. The van der Waals surface area contributed by atoms with Crippen LogP contribution in [0.4, 0.5) is 11.4 Å². The second-order valence-corrected chi connectivity index (χ2v) is 5.84. The third kappa shape index (κ3) is 2.62. The van der Waals surface area contributed by atoms with Crippen molar-refractivity contribution in [3.63, 3.8) is 0 Å². The van der Waals surface area contributed by atoms with Crippen molar-refractivity contribution in [3.05, 3.63) is 95.6 Å². The maximum absolute atomic E-state index is 13.2. The molecule has 1 amide bonds. The van der Waals surface area contributed by atoms with E-state index in [0.29, 0.717) is 11.1 Å². The predicted octanol–water partition coefficient (Wildman–Crippen LogP) is 4.33. The number of nitriles is 1. The Balaban J connectivity index is 1.88. The van der Waals surface area contributed by atoms with Gasteiger partial charge in [-0.15, -0.1) is 0 Å². The average molecular weight is 325 g/mol. The van der Waals surface area contributed by atoms with Gasteiger partial charge in [0, 0.05) is 11.4 Å². The highest BCUT2D eigenvalue weighted by molar-refractivity contribution is 6.12. The minimum absolute atomic E-state index is 0.0621. The highest BCUT2D eigenvalue weighted by Crippen LogP contribution is 2.36. The normalized spacial score (nSPS) is 15.9. The first-order valence-corrected chi connectivity index (χ1v) is 8.02. The van der Waals surface area contributed by atoms with E-state index in [1.165, 1.54) is 0 Å². The molecular formula is C21H15N3O. The Bertz CT molecular complexity index is 976. The number of amides is 1. The SMILES string of the molecule is N#Cc1cccc([C@@H]2Nc3ccccc3C(=O)N2c2ccccc2)c1. The van der Waals surface area contributed by atoms with Gasteiger partial charge >= 0.3 is 0 Å². The Labute approximate surface area is 145 Å². The van der Waals surface area contributed by atoms with Crippen LogP contribution in [0.1, 0.15) is 27.7 Å². The number of para-hydroxylation sites is 2. The van der Waals surface area contributed by atoms with Gasteiger partial charge < -0.3 is 5.32 Å². The maximum Gasteiger partial charge on any atom is 0.262 e. The summed E-state index contributed by atoms with van der Waals surface area (Å²) in [5, 5.41) is 12.6. The third-order valence-corrected chi connectivity index (χ3v) is 4.29. The second kappa shape index (κ2) is 6.14. The van der Waals surface area contributed by atoms with Gasteiger partial charge in [-0.25, -0.2) is 0 Å². The maximum atomic E-state index is 13.2. The van der Waals surface area contributed by atoms with Crippen LogP contribution in [0.15, 0.2) is 78.9 Å². The summed E-state index contributed by atoms with van der Waals surface area (Å²) in [7, 11) is 0. The van der Waals surface area contributed by atoms with Crippen LogP contribution >= 0.6 is 0 Å². The number of nitrogens with zero attached hydrogens (tertiary/aromatic N) is 2. The summed E-state index contributed by atoms with van der Waals surface area (Å²) in [6, 6.07) is 26.5. The molecule has 4 rings (SSSR count). The molecule has 25 heavy (non-hydrogen) atoms. The molecule has 0 radical (unpaired) electrons. The van der Waals surface area contributed by atoms with E-state index in [0.717, 1.165) is 16.9 Å². The largest absolute Gasteiger partial charge is 0.360 e. The Kier molecular flexibility index (Phi) is 3.68. The fourth-order valence-corrected chi connectivity index (χ4v) is 3.12. The van der Waals surface area contributed by atoms with Gasteiger partial charge in [-0.3, -0.25) is 9.69 Å². The monoisotopic (exact) mass is 325 g/mol. The number of benzene rings is 3. The summed E-state index contributed by atoms with van der Waals surface area (Å²) >= 11 is 0. The van der Waals surface area contributed by atoms with Crippen LogP contribution in [0, 0.1) is 11.3 Å². The van der Waals surface area contributed by atoms with Crippen LogP contribution in [0.2, 0.25) is 0 Å². The van der Waals surface area contributed by atoms with Crippen LogP contribution in [-0.2, 0) is 0 Å². The Morgan fingerprint density at radius 2 is 1.68 bits per heavy atom. The van der Waals surface area contributed by atoms with Crippen molar-refractivity contribution >= 4 is 17.3 Å². The van der Waals surface area contributed by atoms with E-state index >= 15 is 0 Å². The standard InChI is InChI=1S/C21H15N3O/c22-14-15-7-6-8-16(13-15)20-23-19-12-5-4-11-18(19)21(25)24(20)17-9-2-1-3-10-17/h1-13,20,23H/t20-/m1/s1. The van der Waals surface area contributed by atoms with E-state index in [9.17, 15) is 10.1 Å². The first kappa shape index (κ1) is 15.0. The molecule has 4 heteroatoms. The molecule has 3 aromatic carbocycles. The van der Waals surface area contributed by atoms with Gasteiger partial charge in [-0.1, -0.05) is 42.5 Å². The minimum atomic E-state index is -0.377. The van der Waals surface area contributed by atoms with E-state index in [2.05, 4.69) is 11.4 Å². The number of carbonyl (C=O) groups excluding carboxylic acids is 1. The van der Waals surface area contributed by atoms with Crippen molar-refractivity contribution in [2.24, 2.45) is 0 Å². The lowest BCUT2D eigenvalue weighted by Gasteiger charge is -2.38. The second-order valence-electron chi connectivity index (χ2n) is 5.84. The molecule has 0 bridgehead atoms. The summed E-state index contributed by atoms with van der Waals surface area (Å²) in [4.78, 5) is 14.9. The summed E-state index contributed by atoms with van der Waals surface area (Å²) in [6.45, 7) is 0. The van der Waals surface area contributed by atoms with Gasteiger partial charge in [0.25, 0.3) is 5.91 Å². The van der Waals surface area contributed by atoms with Gasteiger partial charge in [0.15, 0.2) is 0 Å². The molecule has 0 fully saturated rings. The molecule has 0 spiro atoms. The van der Waals surface area contributed by atoms with Gasteiger partial charge in [0.2, 0.25) is 0 Å². The first-order valence-electron chi connectivity index (χ1n) is 8.02. The molecule has 0 saturated heterocycles. The van der Waals surface area contributed by atoms with Crippen LogP contribution in [-0.4, -0.2) is 5.91 Å².